The van der Waals surface area contributed by atoms with Crippen molar-refractivity contribution in [2.45, 2.75) is 19.5 Å². The minimum atomic E-state index is -0.113. The molecule has 0 atom stereocenters. The highest BCUT2D eigenvalue weighted by Crippen LogP contribution is 2.32. The smallest absolute Gasteiger partial charge is 0.292 e. The fourth-order valence-corrected chi connectivity index (χ4v) is 2.94. The zero-order valence-electron chi connectivity index (χ0n) is 11.3. The SMILES string of the molecule is Nc1c(Nc2ccc(O)c3cc[nH]c23)c(=O)n2n1CCC2. The van der Waals surface area contributed by atoms with Crippen LogP contribution >= 0.6 is 0 Å². The number of anilines is 3. The molecule has 0 aliphatic carbocycles. The molecule has 7 heteroatoms. The topological polar surface area (TPSA) is 101 Å². The van der Waals surface area contributed by atoms with Gasteiger partial charge in [0.1, 0.15) is 17.3 Å². The van der Waals surface area contributed by atoms with Gasteiger partial charge in [-0.25, -0.2) is 4.68 Å². The second-order valence-electron chi connectivity index (χ2n) is 5.19. The van der Waals surface area contributed by atoms with Gasteiger partial charge in [0.05, 0.1) is 11.2 Å². The standard InChI is InChI=1S/C14H15N5O2/c15-13-12(14(21)19-7-1-6-18(13)19)17-9-2-3-10(20)8-4-5-16-11(8)9/h2-5,16-17,20H,1,6-7,15H2. The molecule has 0 fully saturated rings. The summed E-state index contributed by atoms with van der Waals surface area (Å²) in [4.78, 5) is 15.4. The lowest BCUT2D eigenvalue weighted by Crippen LogP contribution is -2.18. The molecule has 0 spiro atoms. The van der Waals surface area contributed by atoms with Gasteiger partial charge in [-0.1, -0.05) is 0 Å². The normalized spacial score (nSPS) is 13.7. The van der Waals surface area contributed by atoms with Crippen LogP contribution in [0.2, 0.25) is 0 Å². The van der Waals surface area contributed by atoms with Crippen LogP contribution in [0.3, 0.4) is 0 Å². The predicted molar refractivity (Wildman–Crippen MR) is 81.0 cm³/mol. The molecule has 0 amide bonds. The highest BCUT2D eigenvalue weighted by atomic mass is 16.3. The molecule has 0 radical (unpaired) electrons. The third-order valence-corrected chi connectivity index (χ3v) is 3.97. The first-order valence-corrected chi connectivity index (χ1v) is 6.82. The van der Waals surface area contributed by atoms with Crippen molar-refractivity contribution in [1.82, 2.24) is 14.3 Å². The largest absolute Gasteiger partial charge is 0.507 e. The Kier molecular flexibility index (Phi) is 2.32. The number of nitrogens with two attached hydrogens (primary N) is 1. The van der Waals surface area contributed by atoms with E-state index >= 15 is 0 Å². The Hall–Kier alpha value is -2.83. The number of nitrogens with zero attached hydrogens (tertiary/aromatic N) is 2. The van der Waals surface area contributed by atoms with Crippen LogP contribution in [0.15, 0.2) is 29.2 Å². The van der Waals surface area contributed by atoms with E-state index in [1.165, 1.54) is 0 Å². The number of nitrogens with one attached hydrogen (secondary N) is 2. The van der Waals surface area contributed by atoms with E-state index in [0.717, 1.165) is 18.5 Å². The van der Waals surface area contributed by atoms with Crippen LogP contribution in [0.25, 0.3) is 10.9 Å². The highest BCUT2D eigenvalue weighted by molar-refractivity contribution is 5.97. The van der Waals surface area contributed by atoms with Crippen molar-refractivity contribution in [2.24, 2.45) is 0 Å². The Morgan fingerprint density at radius 3 is 2.86 bits per heavy atom. The maximum absolute atomic E-state index is 12.4. The van der Waals surface area contributed by atoms with E-state index in [0.29, 0.717) is 29.1 Å². The molecule has 21 heavy (non-hydrogen) atoms. The van der Waals surface area contributed by atoms with Gasteiger partial charge in [0.25, 0.3) is 5.56 Å². The predicted octanol–water partition coefficient (Wildman–Crippen LogP) is 1.57. The second kappa shape index (κ2) is 4.08. The van der Waals surface area contributed by atoms with Crippen molar-refractivity contribution in [3.05, 3.63) is 34.7 Å². The molecule has 5 N–H and O–H groups in total. The lowest BCUT2D eigenvalue weighted by molar-refractivity contribution is 0.482. The number of hydrogen-bond acceptors (Lipinski definition) is 4. The average molecular weight is 285 g/mol. The average Bonchev–Trinajstić information content (AvgIpc) is 3.17. The van der Waals surface area contributed by atoms with Crippen molar-refractivity contribution in [1.29, 1.82) is 0 Å². The Bertz CT molecular complexity index is 902. The molecule has 108 valence electrons. The first kappa shape index (κ1) is 12.0. The van der Waals surface area contributed by atoms with Gasteiger partial charge in [0.15, 0.2) is 0 Å². The minimum Gasteiger partial charge on any atom is -0.507 e. The molecule has 1 aliphatic heterocycles. The Balaban J connectivity index is 1.85. The van der Waals surface area contributed by atoms with Crippen LogP contribution in [-0.2, 0) is 13.1 Å². The molecule has 1 aromatic carbocycles. The van der Waals surface area contributed by atoms with Gasteiger partial charge in [0.2, 0.25) is 0 Å². The van der Waals surface area contributed by atoms with E-state index in [4.69, 9.17) is 5.73 Å². The van der Waals surface area contributed by atoms with Gasteiger partial charge in [-0.3, -0.25) is 9.48 Å². The Morgan fingerprint density at radius 2 is 2.05 bits per heavy atom. The van der Waals surface area contributed by atoms with E-state index in [9.17, 15) is 9.90 Å². The maximum atomic E-state index is 12.4. The summed E-state index contributed by atoms with van der Waals surface area (Å²) in [5.74, 6) is 0.645. The molecule has 4 rings (SSSR count). The third-order valence-electron chi connectivity index (χ3n) is 3.97. The molecular weight excluding hydrogens is 270 g/mol. The molecule has 0 saturated carbocycles. The fraction of sp³-hybridized carbons (Fsp3) is 0.214. The summed E-state index contributed by atoms with van der Waals surface area (Å²) in [7, 11) is 0. The summed E-state index contributed by atoms with van der Waals surface area (Å²) in [6.45, 7) is 1.45. The lowest BCUT2D eigenvalue weighted by Gasteiger charge is -2.07. The molecular formula is C14H15N5O2. The van der Waals surface area contributed by atoms with Crippen molar-refractivity contribution < 1.29 is 5.11 Å². The molecule has 3 aromatic rings. The van der Waals surface area contributed by atoms with Gasteiger partial charge in [-0.2, -0.15) is 0 Å². The van der Waals surface area contributed by atoms with E-state index in [1.807, 2.05) is 0 Å². The van der Waals surface area contributed by atoms with Crippen molar-refractivity contribution in [2.75, 3.05) is 11.1 Å². The van der Waals surface area contributed by atoms with E-state index in [1.54, 1.807) is 33.8 Å². The summed E-state index contributed by atoms with van der Waals surface area (Å²) in [5, 5.41) is 13.6. The van der Waals surface area contributed by atoms with Gasteiger partial charge in [-0.05, 0) is 24.6 Å². The van der Waals surface area contributed by atoms with E-state index in [-0.39, 0.29) is 11.3 Å². The quantitative estimate of drug-likeness (QED) is 0.537. The Labute approximate surface area is 119 Å². The van der Waals surface area contributed by atoms with Crippen LogP contribution in [0, 0.1) is 0 Å². The number of aromatic amines is 1. The molecule has 0 unspecified atom stereocenters. The number of benzene rings is 1. The van der Waals surface area contributed by atoms with E-state index in [2.05, 4.69) is 10.3 Å². The number of H-pyrrole nitrogens is 1. The zero-order chi connectivity index (χ0) is 14.6. The van der Waals surface area contributed by atoms with E-state index < -0.39 is 0 Å². The van der Waals surface area contributed by atoms with Crippen LogP contribution in [0.4, 0.5) is 17.2 Å². The minimum absolute atomic E-state index is 0.113. The molecule has 7 nitrogen and oxygen atoms in total. The number of aromatic nitrogens is 3. The van der Waals surface area contributed by atoms with Crippen molar-refractivity contribution >= 4 is 28.1 Å². The monoisotopic (exact) mass is 285 g/mol. The van der Waals surface area contributed by atoms with Gasteiger partial charge in [-0.15, -0.1) is 0 Å². The summed E-state index contributed by atoms with van der Waals surface area (Å²) >= 11 is 0. The summed E-state index contributed by atoms with van der Waals surface area (Å²) in [6, 6.07) is 5.10. The zero-order valence-corrected chi connectivity index (χ0v) is 11.3. The number of phenols is 1. The number of nitrogen functional groups attached to an aromatic ring is 1. The summed E-state index contributed by atoms with van der Waals surface area (Å²) < 4.78 is 3.46. The first-order valence-electron chi connectivity index (χ1n) is 6.82. The van der Waals surface area contributed by atoms with Gasteiger partial charge >= 0.3 is 0 Å². The lowest BCUT2D eigenvalue weighted by atomic mass is 10.2. The van der Waals surface area contributed by atoms with Gasteiger partial charge < -0.3 is 21.1 Å². The fourth-order valence-electron chi connectivity index (χ4n) is 2.94. The van der Waals surface area contributed by atoms with Crippen LogP contribution in [-0.4, -0.2) is 19.5 Å². The number of aromatic hydroxyl groups is 1. The van der Waals surface area contributed by atoms with Crippen molar-refractivity contribution in [3.63, 3.8) is 0 Å². The van der Waals surface area contributed by atoms with Crippen LogP contribution in [0.1, 0.15) is 6.42 Å². The number of rotatable bonds is 2. The molecule has 0 saturated heterocycles. The third kappa shape index (κ3) is 1.57. The molecule has 3 heterocycles. The van der Waals surface area contributed by atoms with Crippen LogP contribution in [0.5, 0.6) is 5.75 Å². The van der Waals surface area contributed by atoms with Crippen molar-refractivity contribution in [3.8, 4) is 5.75 Å². The molecule has 0 bridgehead atoms. The first-order chi connectivity index (χ1) is 10.2. The summed E-state index contributed by atoms with van der Waals surface area (Å²) in [5.41, 5.74) is 7.80. The molecule has 2 aromatic heterocycles. The maximum Gasteiger partial charge on any atom is 0.292 e. The number of fused-ring (bicyclic) bond motifs is 2. The number of hydrogen-bond donors (Lipinski definition) is 4. The summed E-state index contributed by atoms with van der Waals surface area (Å²) in [6.07, 6.45) is 2.67. The second-order valence-corrected chi connectivity index (χ2v) is 5.19. The van der Waals surface area contributed by atoms with Crippen LogP contribution < -0.4 is 16.6 Å². The highest BCUT2D eigenvalue weighted by Gasteiger charge is 2.22. The van der Waals surface area contributed by atoms with Gasteiger partial charge in [0, 0.05) is 24.7 Å². The molecule has 1 aliphatic rings. The Morgan fingerprint density at radius 1 is 1.24 bits per heavy atom. The number of phenolic OH excluding ortho intramolecular Hbond substituents is 1.